The van der Waals surface area contributed by atoms with Crippen molar-refractivity contribution in [1.82, 2.24) is 9.88 Å². The zero-order chi connectivity index (χ0) is 24.3. The van der Waals surface area contributed by atoms with Crippen molar-refractivity contribution >= 4 is 16.9 Å². The van der Waals surface area contributed by atoms with E-state index in [0.29, 0.717) is 41.1 Å². The molecule has 1 atom stereocenters. The van der Waals surface area contributed by atoms with Gasteiger partial charge in [0.2, 0.25) is 0 Å². The number of hydrogen-bond acceptors (Lipinski definition) is 4. The van der Waals surface area contributed by atoms with Gasteiger partial charge in [0.1, 0.15) is 11.5 Å². The van der Waals surface area contributed by atoms with Gasteiger partial charge in [0.25, 0.3) is 5.56 Å². The molecule has 0 aliphatic rings. The SMILES string of the molecule is CCCCOc1c(C(NC(=O)O)C(C)(C)C)n(CC(C)(C)C)c(=O)c2cc(OC)ccc12. The van der Waals surface area contributed by atoms with E-state index in [1.165, 1.54) is 0 Å². The van der Waals surface area contributed by atoms with Crippen molar-refractivity contribution in [2.75, 3.05) is 13.7 Å². The van der Waals surface area contributed by atoms with Crippen LogP contribution in [0.2, 0.25) is 0 Å². The molecule has 7 heteroatoms. The van der Waals surface area contributed by atoms with E-state index in [9.17, 15) is 14.7 Å². The van der Waals surface area contributed by atoms with Gasteiger partial charge in [0.15, 0.2) is 0 Å². The normalized spacial score (nSPS) is 13.1. The van der Waals surface area contributed by atoms with Crippen molar-refractivity contribution in [2.45, 2.75) is 73.9 Å². The predicted molar refractivity (Wildman–Crippen MR) is 128 cm³/mol. The van der Waals surface area contributed by atoms with Crippen LogP contribution in [0, 0.1) is 10.8 Å². The standard InChI is InChI=1S/C25H38N2O5/c1-9-10-13-32-20-17-12-11-16(31-8)14-18(17)22(28)27(15-24(2,3)4)19(20)21(25(5,6)7)26-23(29)30/h11-12,14,21,26H,9-10,13,15H2,1-8H3,(H,29,30). The number of hydrogen-bond donors (Lipinski definition) is 2. The summed E-state index contributed by atoms with van der Waals surface area (Å²) in [5.41, 5.74) is -0.355. The number of aromatic nitrogens is 1. The van der Waals surface area contributed by atoms with E-state index >= 15 is 0 Å². The highest BCUT2D eigenvalue weighted by Gasteiger charge is 2.35. The van der Waals surface area contributed by atoms with Gasteiger partial charge < -0.3 is 24.5 Å². The van der Waals surface area contributed by atoms with Gasteiger partial charge in [-0.25, -0.2) is 4.79 Å². The van der Waals surface area contributed by atoms with Crippen molar-refractivity contribution in [3.05, 3.63) is 34.2 Å². The average Bonchev–Trinajstić information content (AvgIpc) is 2.67. The van der Waals surface area contributed by atoms with Crippen molar-refractivity contribution in [1.29, 1.82) is 0 Å². The second-order valence-electron chi connectivity index (χ2n) is 10.5. The molecule has 0 radical (unpaired) electrons. The minimum absolute atomic E-state index is 0.187. The molecule has 0 saturated heterocycles. The number of pyridine rings is 1. The molecule has 0 spiro atoms. The first-order valence-corrected chi connectivity index (χ1v) is 11.2. The molecule has 0 aliphatic heterocycles. The second kappa shape index (κ2) is 9.84. The molecule has 2 aromatic rings. The summed E-state index contributed by atoms with van der Waals surface area (Å²) in [7, 11) is 1.56. The van der Waals surface area contributed by atoms with Crippen LogP contribution >= 0.6 is 0 Å². The van der Waals surface area contributed by atoms with Crippen LogP contribution in [0.3, 0.4) is 0 Å². The second-order valence-corrected chi connectivity index (χ2v) is 10.5. The Bertz CT molecular complexity index is 1010. The summed E-state index contributed by atoms with van der Waals surface area (Å²) in [6.07, 6.45) is 0.662. The molecule has 2 N–H and O–H groups in total. The third kappa shape index (κ3) is 5.96. The first-order valence-electron chi connectivity index (χ1n) is 11.2. The van der Waals surface area contributed by atoms with E-state index in [2.05, 4.69) is 12.2 Å². The summed E-state index contributed by atoms with van der Waals surface area (Å²) in [5, 5.41) is 13.4. The Morgan fingerprint density at radius 2 is 1.81 bits per heavy atom. The molecule has 0 aliphatic carbocycles. The summed E-state index contributed by atoms with van der Waals surface area (Å²) in [4.78, 5) is 25.5. The maximum Gasteiger partial charge on any atom is 0.405 e. The highest BCUT2D eigenvalue weighted by Crippen LogP contribution is 2.41. The first kappa shape index (κ1) is 25.6. The largest absolute Gasteiger partial charge is 0.497 e. The van der Waals surface area contributed by atoms with Crippen molar-refractivity contribution in [3.63, 3.8) is 0 Å². The molecule has 0 saturated carbocycles. The molecule has 1 amide bonds. The fraction of sp³-hybridized carbons (Fsp3) is 0.600. The summed E-state index contributed by atoms with van der Waals surface area (Å²) in [5.74, 6) is 1.13. The van der Waals surface area contributed by atoms with Crippen molar-refractivity contribution < 1.29 is 19.4 Å². The molecule has 0 bridgehead atoms. The number of ether oxygens (including phenoxy) is 2. The first-order chi connectivity index (χ1) is 14.8. The lowest BCUT2D eigenvalue weighted by Crippen LogP contribution is -2.41. The van der Waals surface area contributed by atoms with Crippen LogP contribution in [0.5, 0.6) is 11.5 Å². The highest BCUT2D eigenvalue weighted by molar-refractivity contribution is 5.90. The number of carboxylic acid groups (broad SMARTS) is 1. The Morgan fingerprint density at radius 1 is 1.16 bits per heavy atom. The fourth-order valence-electron chi connectivity index (χ4n) is 3.75. The molecule has 32 heavy (non-hydrogen) atoms. The smallest absolute Gasteiger partial charge is 0.405 e. The minimum Gasteiger partial charge on any atom is -0.497 e. The van der Waals surface area contributed by atoms with E-state index < -0.39 is 17.6 Å². The van der Waals surface area contributed by atoms with Gasteiger partial charge in [0.05, 0.1) is 30.8 Å². The van der Waals surface area contributed by atoms with E-state index in [-0.39, 0.29) is 11.0 Å². The molecule has 1 unspecified atom stereocenters. The van der Waals surface area contributed by atoms with Crippen LogP contribution < -0.4 is 20.3 Å². The lowest BCUT2D eigenvalue weighted by molar-refractivity contribution is 0.169. The Kier molecular flexibility index (Phi) is 7.86. The maximum atomic E-state index is 13.8. The number of fused-ring (bicyclic) bond motifs is 1. The summed E-state index contributed by atoms with van der Waals surface area (Å²) in [6.45, 7) is 15.0. The number of methoxy groups -OCH3 is 1. The van der Waals surface area contributed by atoms with Crippen LogP contribution in [0.15, 0.2) is 23.0 Å². The minimum atomic E-state index is -1.14. The van der Waals surface area contributed by atoms with Gasteiger partial charge in [-0.05, 0) is 35.4 Å². The molecular formula is C25H38N2O5. The number of unbranched alkanes of at least 4 members (excludes halogenated alkanes) is 1. The molecule has 178 valence electrons. The fourth-order valence-corrected chi connectivity index (χ4v) is 3.75. The highest BCUT2D eigenvalue weighted by atomic mass is 16.5. The zero-order valence-corrected chi connectivity index (χ0v) is 20.7. The molecule has 2 rings (SSSR count). The van der Waals surface area contributed by atoms with Crippen LogP contribution in [0.25, 0.3) is 10.8 Å². The topological polar surface area (TPSA) is 89.8 Å². The van der Waals surface area contributed by atoms with E-state index in [4.69, 9.17) is 9.47 Å². The van der Waals surface area contributed by atoms with Crippen LogP contribution in [0.4, 0.5) is 4.79 Å². The third-order valence-corrected chi connectivity index (χ3v) is 5.25. The van der Waals surface area contributed by atoms with Crippen LogP contribution in [-0.2, 0) is 6.54 Å². The average molecular weight is 447 g/mol. The van der Waals surface area contributed by atoms with Gasteiger partial charge in [-0.15, -0.1) is 0 Å². The Hall–Kier alpha value is -2.70. The molecule has 0 fully saturated rings. The van der Waals surface area contributed by atoms with Gasteiger partial charge in [-0.1, -0.05) is 54.9 Å². The van der Waals surface area contributed by atoms with Gasteiger partial charge >= 0.3 is 6.09 Å². The van der Waals surface area contributed by atoms with E-state index in [1.54, 1.807) is 23.8 Å². The van der Waals surface area contributed by atoms with Crippen LogP contribution in [-0.4, -0.2) is 29.5 Å². The zero-order valence-electron chi connectivity index (χ0n) is 20.7. The van der Waals surface area contributed by atoms with Gasteiger partial charge in [-0.3, -0.25) is 4.79 Å². The molecule has 7 nitrogen and oxygen atoms in total. The maximum absolute atomic E-state index is 13.8. The lowest BCUT2D eigenvalue weighted by Gasteiger charge is -2.35. The quantitative estimate of drug-likeness (QED) is 0.516. The summed E-state index contributed by atoms with van der Waals surface area (Å²) < 4.78 is 13.4. The Morgan fingerprint density at radius 3 is 2.31 bits per heavy atom. The van der Waals surface area contributed by atoms with Crippen molar-refractivity contribution in [2.24, 2.45) is 10.8 Å². The number of nitrogens with zero attached hydrogens (tertiary/aromatic N) is 1. The van der Waals surface area contributed by atoms with Crippen molar-refractivity contribution in [3.8, 4) is 11.5 Å². The number of amides is 1. The summed E-state index contributed by atoms with van der Waals surface area (Å²) in [6, 6.07) is 4.69. The molecule has 1 aromatic heterocycles. The Labute approximate surface area is 190 Å². The van der Waals surface area contributed by atoms with Crippen LogP contribution in [0.1, 0.15) is 73.0 Å². The number of rotatable bonds is 8. The number of carbonyl (C=O) groups is 1. The summed E-state index contributed by atoms with van der Waals surface area (Å²) >= 11 is 0. The Balaban J connectivity index is 3.01. The predicted octanol–water partition coefficient (Wildman–Crippen LogP) is 5.59. The number of nitrogens with one attached hydrogen (secondary N) is 1. The molecular weight excluding hydrogens is 408 g/mol. The number of benzene rings is 1. The van der Waals surface area contributed by atoms with Gasteiger partial charge in [-0.2, -0.15) is 0 Å². The molecule has 1 aromatic carbocycles. The van der Waals surface area contributed by atoms with E-state index in [0.717, 1.165) is 12.8 Å². The molecule has 1 heterocycles. The third-order valence-electron chi connectivity index (χ3n) is 5.25. The van der Waals surface area contributed by atoms with E-state index in [1.807, 2.05) is 47.6 Å². The lowest BCUT2D eigenvalue weighted by atomic mass is 9.83. The van der Waals surface area contributed by atoms with Gasteiger partial charge in [0, 0.05) is 11.9 Å². The monoisotopic (exact) mass is 446 g/mol.